The normalized spacial score (nSPS) is 17.2. The number of aliphatic hydroxyl groups is 1. The standard InChI is InChI=1S/C21H26N4O3/c1-27-19-10-16(11-20(12-19)28-2)14-24-7-8-25(15-18(24)6-9-26)21-5-3-4-17(13-22)23-21/h3-5,10-12,18,26H,6-9,14-15H2,1-2H3/t18-/m0/s1. The van der Waals surface area contributed by atoms with Gasteiger partial charge in [-0.1, -0.05) is 6.07 Å². The topological polar surface area (TPSA) is 81.9 Å². The van der Waals surface area contributed by atoms with E-state index in [1.165, 1.54) is 0 Å². The van der Waals surface area contributed by atoms with Crippen LogP contribution in [0.2, 0.25) is 0 Å². The second-order valence-electron chi connectivity index (χ2n) is 6.80. The van der Waals surface area contributed by atoms with Gasteiger partial charge in [0.2, 0.25) is 0 Å². The summed E-state index contributed by atoms with van der Waals surface area (Å²) in [5.41, 5.74) is 1.53. The first kappa shape index (κ1) is 19.9. The van der Waals surface area contributed by atoms with Crippen molar-refractivity contribution in [2.45, 2.75) is 19.0 Å². The van der Waals surface area contributed by atoms with Crippen molar-refractivity contribution < 1.29 is 14.6 Å². The van der Waals surface area contributed by atoms with Crippen LogP contribution in [0.4, 0.5) is 5.82 Å². The maximum absolute atomic E-state index is 9.56. The molecule has 7 nitrogen and oxygen atoms in total. The van der Waals surface area contributed by atoms with Gasteiger partial charge in [0.05, 0.1) is 14.2 Å². The Labute approximate surface area is 165 Å². The van der Waals surface area contributed by atoms with Crippen molar-refractivity contribution in [3.63, 3.8) is 0 Å². The molecule has 1 aliphatic rings. The summed E-state index contributed by atoms with van der Waals surface area (Å²) in [5.74, 6) is 2.35. The highest BCUT2D eigenvalue weighted by molar-refractivity contribution is 5.43. The lowest BCUT2D eigenvalue weighted by Crippen LogP contribution is -2.53. The number of benzene rings is 1. The van der Waals surface area contributed by atoms with Crippen molar-refractivity contribution in [3.05, 3.63) is 47.7 Å². The van der Waals surface area contributed by atoms with E-state index in [1.807, 2.05) is 30.3 Å². The van der Waals surface area contributed by atoms with Gasteiger partial charge < -0.3 is 19.5 Å². The fourth-order valence-corrected chi connectivity index (χ4v) is 3.59. The van der Waals surface area contributed by atoms with Crippen LogP contribution in [0.1, 0.15) is 17.7 Å². The van der Waals surface area contributed by atoms with Gasteiger partial charge in [0.25, 0.3) is 0 Å². The molecule has 0 radical (unpaired) electrons. The summed E-state index contributed by atoms with van der Waals surface area (Å²) in [6.45, 7) is 3.27. The van der Waals surface area contributed by atoms with Gasteiger partial charge in [0.15, 0.2) is 0 Å². The number of pyridine rings is 1. The molecule has 0 unspecified atom stereocenters. The van der Waals surface area contributed by atoms with Crippen LogP contribution in [0.15, 0.2) is 36.4 Å². The number of ether oxygens (including phenoxy) is 2. The van der Waals surface area contributed by atoms with Gasteiger partial charge in [-0.3, -0.25) is 4.90 Å². The molecule has 0 spiro atoms. The predicted molar refractivity (Wildman–Crippen MR) is 107 cm³/mol. The second kappa shape index (κ2) is 9.40. The molecule has 0 amide bonds. The number of aliphatic hydroxyl groups excluding tert-OH is 1. The Morgan fingerprint density at radius 1 is 1.18 bits per heavy atom. The summed E-state index contributed by atoms with van der Waals surface area (Å²) in [4.78, 5) is 8.97. The smallest absolute Gasteiger partial charge is 0.142 e. The molecule has 148 valence electrons. The molecule has 0 aliphatic carbocycles. The number of hydrogen-bond acceptors (Lipinski definition) is 7. The average molecular weight is 382 g/mol. The van der Waals surface area contributed by atoms with E-state index < -0.39 is 0 Å². The van der Waals surface area contributed by atoms with E-state index in [0.29, 0.717) is 12.1 Å². The molecule has 1 fully saturated rings. The molecule has 2 heterocycles. The third kappa shape index (κ3) is 4.71. The number of aromatic nitrogens is 1. The van der Waals surface area contributed by atoms with Crippen LogP contribution in [-0.2, 0) is 6.54 Å². The first-order chi connectivity index (χ1) is 13.7. The third-order valence-corrected chi connectivity index (χ3v) is 5.04. The quantitative estimate of drug-likeness (QED) is 0.785. The zero-order valence-corrected chi connectivity index (χ0v) is 16.3. The third-order valence-electron chi connectivity index (χ3n) is 5.04. The molecule has 1 aliphatic heterocycles. The highest BCUT2D eigenvalue weighted by Gasteiger charge is 2.27. The molecule has 0 bridgehead atoms. The Balaban J connectivity index is 1.75. The highest BCUT2D eigenvalue weighted by Crippen LogP contribution is 2.26. The lowest BCUT2D eigenvalue weighted by atomic mass is 10.1. The zero-order valence-electron chi connectivity index (χ0n) is 16.3. The second-order valence-corrected chi connectivity index (χ2v) is 6.80. The van der Waals surface area contributed by atoms with Gasteiger partial charge >= 0.3 is 0 Å². The molecule has 28 heavy (non-hydrogen) atoms. The Bertz CT molecular complexity index is 814. The molecule has 1 saturated heterocycles. The van der Waals surface area contributed by atoms with Crippen molar-refractivity contribution >= 4 is 5.82 Å². The average Bonchev–Trinajstić information content (AvgIpc) is 2.74. The van der Waals surface area contributed by atoms with E-state index in [9.17, 15) is 5.11 Å². The minimum atomic E-state index is 0.127. The monoisotopic (exact) mass is 382 g/mol. The van der Waals surface area contributed by atoms with Crippen molar-refractivity contribution in [1.29, 1.82) is 5.26 Å². The SMILES string of the molecule is COc1cc(CN2CCN(c3cccc(C#N)n3)C[C@@H]2CCO)cc(OC)c1. The van der Waals surface area contributed by atoms with Gasteiger partial charge in [-0.2, -0.15) is 5.26 Å². The molecular formula is C21H26N4O3. The number of rotatable bonds is 7. The summed E-state index contributed by atoms with van der Waals surface area (Å²) < 4.78 is 10.8. The van der Waals surface area contributed by atoms with E-state index in [1.54, 1.807) is 20.3 Å². The summed E-state index contributed by atoms with van der Waals surface area (Å²) in [5, 5.41) is 18.7. The maximum Gasteiger partial charge on any atom is 0.142 e. The van der Waals surface area contributed by atoms with E-state index in [0.717, 1.165) is 49.1 Å². The van der Waals surface area contributed by atoms with Crippen LogP contribution < -0.4 is 14.4 Å². The molecule has 0 saturated carbocycles. The first-order valence-electron chi connectivity index (χ1n) is 9.35. The predicted octanol–water partition coefficient (Wildman–Crippen LogP) is 2.04. The number of methoxy groups -OCH3 is 2. The van der Waals surface area contributed by atoms with Gasteiger partial charge in [0.1, 0.15) is 29.1 Å². The summed E-state index contributed by atoms with van der Waals surface area (Å²) >= 11 is 0. The van der Waals surface area contributed by atoms with Gasteiger partial charge in [-0.15, -0.1) is 0 Å². The van der Waals surface area contributed by atoms with E-state index in [-0.39, 0.29) is 12.6 Å². The number of nitriles is 1. The fraction of sp³-hybridized carbons (Fsp3) is 0.429. The lowest BCUT2D eigenvalue weighted by molar-refractivity contribution is 0.135. The molecule has 3 rings (SSSR count). The van der Waals surface area contributed by atoms with Gasteiger partial charge in [-0.25, -0.2) is 4.98 Å². The van der Waals surface area contributed by atoms with Gasteiger partial charge in [-0.05, 0) is 36.2 Å². The molecule has 1 atom stereocenters. The minimum absolute atomic E-state index is 0.127. The molecular weight excluding hydrogens is 356 g/mol. The lowest BCUT2D eigenvalue weighted by Gasteiger charge is -2.42. The maximum atomic E-state index is 9.56. The van der Waals surface area contributed by atoms with E-state index in [4.69, 9.17) is 14.7 Å². The van der Waals surface area contributed by atoms with Crippen LogP contribution in [0.25, 0.3) is 0 Å². The number of hydrogen-bond donors (Lipinski definition) is 1. The summed E-state index contributed by atoms with van der Waals surface area (Å²) in [7, 11) is 3.29. The number of nitrogens with zero attached hydrogens (tertiary/aromatic N) is 4. The molecule has 7 heteroatoms. The zero-order chi connectivity index (χ0) is 19.9. The fourth-order valence-electron chi connectivity index (χ4n) is 3.59. The van der Waals surface area contributed by atoms with E-state index in [2.05, 4.69) is 20.9 Å². The van der Waals surface area contributed by atoms with Crippen LogP contribution >= 0.6 is 0 Å². The van der Waals surface area contributed by atoms with Gasteiger partial charge in [0, 0.05) is 44.9 Å². The number of piperazine rings is 1. The van der Waals surface area contributed by atoms with Crippen LogP contribution in [0.5, 0.6) is 11.5 Å². The summed E-state index contributed by atoms with van der Waals surface area (Å²) in [6.07, 6.45) is 0.676. The van der Waals surface area contributed by atoms with Crippen molar-refractivity contribution in [2.75, 3.05) is 45.4 Å². The van der Waals surface area contributed by atoms with E-state index >= 15 is 0 Å². The highest BCUT2D eigenvalue weighted by atomic mass is 16.5. The Morgan fingerprint density at radius 3 is 2.57 bits per heavy atom. The van der Waals surface area contributed by atoms with Crippen molar-refractivity contribution in [3.8, 4) is 17.6 Å². The van der Waals surface area contributed by atoms with Crippen molar-refractivity contribution in [2.24, 2.45) is 0 Å². The Morgan fingerprint density at radius 2 is 1.93 bits per heavy atom. The van der Waals surface area contributed by atoms with Crippen molar-refractivity contribution in [1.82, 2.24) is 9.88 Å². The molecule has 1 aromatic heterocycles. The van der Waals surface area contributed by atoms with Crippen LogP contribution in [0.3, 0.4) is 0 Å². The Hall–Kier alpha value is -2.82. The first-order valence-corrected chi connectivity index (χ1v) is 9.35. The molecule has 2 aromatic rings. The molecule has 1 N–H and O–H groups in total. The Kier molecular flexibility index (Phi) is 6.69. The van der Waals surface area contributed by atoms with Crippen LogP contribution in [-0.4, -0.2) is 61.5 Å². The number of anilines is 1. The summed E-state index contributed by atoms with van der Waals surface area (Å²) in [6, 6.07) is 13.7. The molecule has 1 aromatic carbocycles. The largest absolute Gasteiger partial charge is 0.497 e. The van der Waals surface area contributed by atoms with Crippen LogP contribution in [0, 0.1) is 11.3 Å². The minimum Gasteiger partial charge on any atom is -0.497 e.